The van der Waals surface area contributed by atoms with Crippen LogP contribution < -0.4 is 15.4 Å². The summed E-state index contributed by atoms with van der Waals surface area (Å²) in [6, 6.07) is 14.0. The minimum absolute atomic E-state index is 0.103. The molecule has 0 saturated carbocycles. The number of nitrogens with zero attached hydrogens (tertiary/aromatic N) is 1. The van der Waals surface area contributed by atoms with Crippen LogP contribution in [0, 0.1) is 12.7 Å². The highest BCUT2D eigenvalue weighted by Gasteiger charge is 2.15. The highest BCUT2D eigenvalue weighted by atomic mass is 32.1. The first-order valence-electron chi connectivity index (χ1n) is 9.52. The third-order valence-corrected chi connectivity index (χ3v) is 5.59. The molecule has 9 heteroatoms. The van der Waals surface area contributed by atoms with Crippen LogP contribution in [0.25, 0.3) is 10.2 Å². The van der Waals surface area contributed by atoms with Crippen LogP contribution in [0.4, 0.5) is 20.6 Å². The van der Waals surface area contributed by atoms with E-state index in [2.05, 4.69) is 15.6 Å². The van der Waals surface area contributed by atoms with Crippen LogP contribution in [0.2, 0.25) is 0 Å². The van der Waals surface area contributed by atoms with E-state index in [-0.39, 0.29) is 5.69 Å². The smallest absolute Gasteiger partial charge is 0.348 e. The van der Waals surface area contributed by atoms with Gasteiger partial charge in [0.1, 0.15) is 22.2 Å². The molecule has 4 aromatic rings. The average molecular weight is 451 g/mol. The van der Waals surface area contributed by atoms with Crippen molar-refractivity contribution >= 4 is 44.9 Å². The second-order valence-corrected chi connectivity index (χ2v) is 7.87. The highest BCUT2D eigenvalue weighted by Crippen LogP contribution is 2.35. The average Bonchev–Trinajstić information content (AvgIpc) is 3.22. The minimum atomic E-state index is -0.562. The fourth-order valence-corrected chi connectivity index (χ4v) is 3.93. The molecular weight excluding hydrogens is 433 g/mol. The number of pyridine rings is 1. The summed E-state index contributed by atoms with van der Waals surface area (Å²) >= 11 is 1.23. The van der Waals surface area contributed by atoms with Crippen molar-refractivity contribution in [3.05, 3.63) is 77.1 Å². The lowest BCUT2D eigenvalue weighted by Gasteiger charge is -2.10. The number of urea groups is 1. The van der Waals surface area contributed by atoms with E-state index in [0.29, 0.717) is 27.6 Å². The zero-order valence-corrected chi connectivity index (χ0v) is 18.0. The third kappa shape index (κ3) is 4.68. The maximum Gasteiger partial charge on any atom is 0.348 e. The Hall–Kier alpha value is -3.98. The van der Waals surface area contributed by atoms with Crippen LogP contribution in [-0.2, 0) is 4.74 Å². The number of carbonyl (C=O) groups excluding carboxylic acids is 2. The number of aromatic nitrogens is 1. The van der Waals surface area contributed by atoms with Crippen LogP contribution in [0.3, 0.4) is 0 Å². The van der Waals surface area contributed by atoms with Gasteiger partial charge in [0.15, 0.2) is 0 Å². The first-order chi connectivity index (χ1) is 15.4. The number of esters is 1. The maximum absolute atomic E-state index is 13.8. The highest BCUT2D eigenvalue weighted by molar-refractivity contribution is 7.21. The Balaban J connectivity index is 1.45. The van der Waals surface area contributed by atoms with Crippen LogP contribution in [0.1, 0.15) is 15.2 Å². The number of carbonyl (C=O) groups is 2. The number of ether oxygens (including phenoxy) is 2. The summed E-state index contributed by atoms with van der Waals surface area (Å²) in [7, 11) is 1.32. The predicted octanol–water partition coefficient (Wildman–Crippen LogP) is 5.97. The van der Waals surface area contributed by atoms with Gasteiger partial charge in [-0.3, -0.25) is 4.98 Å². The van der Waals surface area contributed by atoms with Crippen molar-refractivity contribution in [2.24, 2.45) is 0 Å². The molecular formula is C23H18FN3O4S. The molecule has 2 N–H and O–H groups in total. The second kappa shape index (κ2) is 9.03. The fourth-order valence-electron chi connectivity index (χ4n) is 2.95. The van der Waals surface area contributed by atoms with E-state index in [1.807, 2.05) is 6.92 Å². The SMILES string of the molecule is COC(=O)c1cc2nccc(Oc3ccc(NC(=O)Nc4cc(C)ccc4F)cc3)c2s1. The molecule has 4 rings (SSSR count). The molecule has 7 nitrogen and oxygen atoms in total. The molecule has 0 fully saturated rings. The summed E-state index contributed by atoms with van der Waals surface area (Å²) in [5, 5.41) is 5.14. The Labute approximate surface area is 186 Å². The van der Waals surface area contributed by atoms with Gasteiger partial charge < -0.3 is 20.1 Å². The lowest BCUT2D eigenvalue weighted by molar-refractivity contribution is 0.0606. The molecule has 2 aromatic heterocycles. The molecule has 0 unspecified atom stereocenters. The van der Waals surface area contributed by atoms with Crippen molar-refractivity contribution in [1.82, 2.24) is 4.98 Å². The molecule has 0 atom stereocenters. The molecule has 32 heavy (non-hydrogen) atoms. The van der Waals surface area contributed by atoms with Gasteiger partial charge in [0.05, 0.1) is 23.0 Å². The van der Waals surface area contributed by atoms with E-state index in [1.165, 1.54) is 24.5 Å². The number of anilines is 2. The Kier molecular flexibility index (Phi) is 6.00. The number of rotatable bonds is 5. The molecule has 0 saturated heterocycles. The number of hydrogen-bond donors (Lipinski definition) is 2. The summed E-state index contributed by atoms with van der Waals surface area (Å²) in [5.41, 5.74) is 2.07. The first-order valence-corrected chi connectivity index (χ1v) is 10.3. The number of amides is 2. The fraction of sp³-hybridized carbons (Fsp3) is 0.0870. The van der Waals surface area contributed by atoms with Crippen molar-refractivity contribution in [2.45, 2.75) is 6.92 Å². The van der Waals surface area contributed by atoms with Gasteiger partial charge in [0, 0.05) is 18.0 Å². The number of benzene rings is 2. The number of thiophene rings is 1. The first kappa shape index (κ1) is 21.3. The van der Waals surface area contributed by atoms with Crippen LogP contribution >= 0.6 is 11.3 Å². The molecule has 0 spiro atoms. The Bertz CT molecular complexity index is 1300. The van der Waals surface area contributed by atoms with E-state index < -0.39 is 17.8 Å². The monoisotopic (exact) mass is 451 g/mol. The topological polar surface area (TPSA) is 89.6 Å². The summed E-state index contributed by atoms with van der Waals surface area (Å²) in [4.78, 5) is 28.7. The van der Waals surface area contributed by atoms with Gasteiger partial charge in [0.2, 0.25) is 0 Å². The van der Waals surface area contributed by atoms with Crippen LogP contribution in [0.5, 0.6) is 11.5 Å². The summed E-state index contributed by atoms with van der Waals surface area (Å²) in [5.74, 6) is 0.130. The number of fused-ring (bicyclic) bond motifs is 1. The molecule has 0 aliphatic rings. The summed E-state index contributed by atoms with van der Waals surface area (Å²) in [6.07, 6.45) is 1.59. The van der Waals surface area contributed by atoms with E-state index in [4.69, 9.17) is 9.47 Å². The second-order valence-electron chi connectivity index (χ2n) is 6.81. The largest absolute Gasteiger partial charge is 0.465 e. The van der Waals surface area contributed by atoms with Gasteiger partial charge in [-0.25, -0.2) is 14.0 Å². The lowest BCUT2D eigenvalue weighted by atomic mass is 10.2. The van der Waals surface area contributed by atoms with E-state index in [1.54, 1.807) is 54.7 Å². The molecule has 0 aliphatic heterocycles. The third-order valence-electron chi connectivity index (χ3n) is 4.47. The number of halogens is 1. The quantitative estimate of drug-likeness (QED) is 0.365. The summed E-state index contributed by atoms with van der Waals surface area (Å²) < 4.78 is 25.2. The van der Waals surface area contributed by atoms with Crippen LogP contribution in [-0.4, -0.2) is 24.1 Å². The van der Waals surface area contributed by atoms with Gasteiger partial charge in [-0.05, 0) is 55.0 Å². The van der Waals surface area contributed by atoms with E-state index in [0.717, 1.165) is 10.3 Å². The lowest BCUT2D eigenvalue weighted by Crippen LogP contribution is -2.20. The number of aryl methyl sites for hydroxylation is 1. The van der Waals surface area contributed by atoms with Crippen molar-refractivity contribution < 1.29 is 23.5 Å². The normalized spacial score (nSPS) is 10.6. The van der Waals surface area contributed by atoms with Crippen molar-refractivity contribution in [1.29, 1.82) is 0 Å². The van der Waals surface area contributed by atoms with E-state index >= 15 is 0 Å². The van der Waals surface area contributed by atoms with Crippen molar-refractivity contribution in [3.63, 3.8) is 0 Å². The maximum atomic E-state index is 13.8. The molecule has 2 aromatic carbocycles. The number of hydrogen-bond acceptors (Lipinski definition) is 6. The summed E-state index contributed by atoms with van der Waals surface area (Å²) in [6.45, 7) is 1.81. The number of nitrogens with one attached hydrogen (secondary N) is 2. The van der Waals surface area contributed by atoms with E-state index in [9.17, 15) is 14.0 Å². The zero-order chi connectivity index (χ0) is 22.7. The van der Waals surface area contributed by atoms with Crippen molar-refractivity contribution in [2.75, 3.05) is 17.7 Å². The van der Waals surface area contributed by atoms with Gasteiger partial charge in [-0.1, -0.05) is 6.07 Å². The molecule has 2 amide bonds. The number of methoxy groups -OCH3 is 1. The Morgan fingerprint density at radius 1 is 1.03 bits per heavy atom. The van der Waals surface area contributed by atoms with Gasteiger partial charge in [-0.2, -0.15) is 0 Å². The van der Waals surface area contributed by atoms with Gasteiger partial charge >= 0.3 is 12.0 Å². The predicted molar refractivity (Wildman–Crippen MR) is 121 cm³/mol. The molecule has 0 bridgehead atoms. The minimum Gasteiger partial charge on any atom is -0.465 e. The van der Waals surface area contributed by atoms with Crippen LogP contribution in [0.15, 0.2) is 60.8 Å². The molecule has 162 valence electrons. The van der Waals surface area contributed by atoms with Gasteiger partial charge in [0.25, 0.3) is 0 Å². The molecule has 0 aliphatic carbocycles. The molecule has 0 radical (unpaired) electrons. The van der Waals surface area contributed by atoms with Crippen molar-refractivity contribution in [3.8, 4) is 11.5 Å². The Morgan fingerprint density at radius 2 is 1.81 bits per heavy atom. The standard InChI is InChI=1S/C23H18FN3O4S/c1-13-3-8-16(24)17(11-13)27-23(29)26-14-4-6-15(7-5-14)31-19-9-10-25-18-12-20(22(28)30-2)32-21(18)19/h3-12H,1-2H3,(H2,26,27,29). The Morgan fingerprint density at radius 3 is 2.56 bits per heavy atom. The molecule has 2 heterocycles. The zero-order valence-electron chi connectivity index (χ0n) is 17.1. The van der Waals surface area contributed by atoms with Gasteiger partial charge in [-0.15, -0.1) is 11.3 Å².